The average molecular weight is 262 g/mol. The second-order valence-corrected chi connectivity index (χ2v) is 5.17. The van der Waals surface area contributed by atoms with E-state index in [1.807, 2.05) is 11.9 Å². The highest BCUT2D eigenvalue weighted by Crippen LogP contribution is 2.17. The summed E-state index contributed by atoms with van der Waals surface area (Å²) >= 11 is 0. The molecule has 0 aliphatic rings. The normalized spacial score (nSPS) is 11.9. The van der Waals surface area contributed by atoms with Crippen LogP contribution in [0, 0.1) is 0 Å². The van der Waals surface area contributed by atoms with Gasteiger partial charge < -0.3 is 9.72 Å². The van der Waals surface area contributed by atoms with Crippen molar-refractivity contribution in [3.8, 4) is 5.75 Å². The first-order valence-corrected chi connectivity index (χ1v) is 7.01. The molecule has 1 heterocycles. The van der Waals surface area contributed by atoms with E-state index >= 15 is 0 Å². The van der Waals surface area contributed by atoms with Crippen molar-refractivity contribution in [2.45, 2.75) is 6.92 Å². The maximum absolute atomic E-state index is 11.9. The number of aromatic nitrogens is 2. The highest BCUT2D eigenvalue weighted by molar-refractivity contribution is 7.41. The molecule has 0 bridgehead atoms. The molecule has 1 atom stereocenters. The van der Waals surface area contributed by atoms with Crippen LogP contribution in [-0.2, 0) is 0 Å². The molecule has 0 radical (unpaired) electrons. The van der Waals surface area contributed by atoms with E-state index in [-0.39, 0.29) is 5.56 Å². The molecule has 0 saturated carbocycles. The highest BCUT2D eigenvalue weighted by atomic mass is 31.1. The summed E-state index contributed by atoms with van der Waals surface area (Å²) in [6.45, 7) is 2.12. The number of methoxy groups -OCH3 is 1. The molecule has 0 fully saturated rings. The van der Waals surface area contributed by atoms with Crippen LogP contribution in [0.25, 0.3) is 17.0 Å². The Morgan fingerprint density at radius 2 is 2.33 bits per heavy atom. The third kappa shape index (κ3) is 2.77. The van der Waals surface area contributed by atoms with Crippen LogP contribution >= 0.6 is 8.58 Å². The largest absolute Gasteiger partial charge is 0.497 e. The minimum Gasteiger partial charge on any atom is -0.497 e. The van der Waals surface area contributed by atoms with Crippen molar-refractivity contribution >= 4 is 25.6 Å². The van der Waals surface area contributed by atoms with Crippen LogP contribution in [0.5, 0.6) is 5.75 Å². The Bertz CT molecular complexity index is 634. The Kier molecular flexibility index (Phi) is 4.11. The Hall–Kier alpha value is -1.67. The van der Waals surface area contributed by atoms with E-state index in [0.29, 0.717) is 22.5 Å². The van der Waals surface area contributed by atoms with Crippen LogP contribution in [0.15, 0.2) is 28.8 Å². The van der Waals surface area contributed by atoms with Gasteiger partial charge in [0.25, 0.3) is 5.56 Å². The van der Waals surface area contributed by atoms with Gasteiger partial charge >= 0.3 is 0 Å². The summed E-state index contributed by atoms with van der Waals surface area (Å²) in [6.07, 6.45) is 2.96. The van der Waals surface area contributed by atoms with Crippen LogP contribution in [0.3, 0.4) is 0 Å². The third-order valence-corrected chi connectivity index (χ3v) is 3.30. The quantitative estimate of drug-likeness (QED) is 0.862. The molecule has 1 aromatic carbocycles. The molecule has 2 aromatic rings. The molecule has 5 heteroatoms. The minimum absolute atomic E-state index is 0.140. The molecule has 0 saturated heterocycles. The second kappa shape index (κ2) is 5.78. The molecule has 0 aliphatic carbocycles. The summed E-state index contributed by atoms with van der Waals surface area (Å²) in [7, 11) is 2.32. The first kappa shape index (κ1) is 12.8. The van der Waals surface area contributed by atoms with Crippen molar-refractivity contribution in [1.82, 2.24) is 9.97 Å². The van der Waals surface area contributed by atoms with Crippen molar-refractivity contribution in [3.63, 3.8) is 0 Å². The zero-order chi connectivity index (χ0) is 13.0. The van der Waals surface area contributed by atoms with Crippen molar-refractivity contribution < 1.29 is 4.74 Å². The molecule has 4 nitrogen and oxygen atoms in total. The summed E-state index contributed by atoms with van der Waals surface area (Å²) in [5.74, 6) is 3.29. The van der Waals surface area contributed by atoms with Gasteiger partial charge in [-0.25, -0.2) is 4.98 Å². The van der Waals surface area contributed by atoms with Crippen molar-refractivity contribution in [2.75, 3.05) is 13.3 Å². The number of fused-ring (bicyclic) bond motifs is 1. The summed E-state index contributed by atoms with van der Waals surface area (Å²) in [5.41, 5.74) is 0.539. The molecule has 1 N–H and O–H groups in total. The van der Waals surface area contributed by atoms with Crippen LogP contribution in [0.2, 0.25) is 0 Å². The zero-order valence-corrected chi connectivity index (χ0v) is 11.4. The molecule has 0 aliphatic heterocycles. The van der Waals surface area contributed by atoms with Gasteiger partial charge in [-0.3, -0.25) is 4.79 Å². The first-order chi connectivity index (χ1) is 8.74. The standard InChI is InChI=1S/C13H15N2O2P/c1-3-18-7-6-12-14-11-5-4-9(17-2)8-10(11)13(16)15-12/h4-8,18H,3H2,1-2H3,(H,14,15,16)/b7-6+. The van der Waals surface area contributed by atoms with Gasteiger partial charge in [0.1, 0.15) is 11.6 Å². The van der Waals surface area contributed by atoms with Crippen molar-refractivity contribution in [1.29, 1.82) is 0 Å². The lowest BCUT2D eigenvalue weighted by molar-refractivity contribution is 0.415. The molecule has 18 heavy (non-hydrogen) atoms. The van der Waals surface area contributed by atoms with Crippen molar-refractivity contribution in [2.24, 2.45) is 0 Å². The van der Waals surface area contributed by atoms with Crippen LogP contribution in [-0.4, -0.2) is 23.2 Å². The van der Waals surface area contributed by atoms with Crippen LogP contribution in [0.1, 0.15) is 12.7 Å². The lowest BCUT2D eigenvalue weighted by atomic mass is 10.2. The fraction of sp³-hybridized carbons (Fsp3) is 0.231. The Balaban J connectivity index is 2.47. The maximum Gasteiger partial charge on any atom is 0.259 e. The number of hydrogen-bond acceptors (Lipinski definition) is 3. The fourth-order valence-electron chi connectivity index (χ4n) is 1.60. The number of nitrogens with one attached hydrogen (secondary N) is 1. The second-order valence-electron chi connectivity index (χ2n) is 3.73. The number of ether oxygens (including phenoxy) is 1. The number of hydrogen-bond donors (Lipinski definition) is 1. The molecule has 2 rings (SSSR count). The van der Waals surface area contributed by atoms with Gasteiger partial charge in [-0.2, -0.15) is 0 Å². The molecular weight excluding hydrogens is 247 g/mol. The number of rotatable bonds is 4. The van der Waals surface area contributed by atoms with Gasteiger partial charge in [-0.05, 0) is 30.4 Å². The molecular formula is C13H15N2O2P. The van der Waals surface area contributed by atoms with Gasteiger partial charge in [0, 0.05) is 0 Å². The summed E-state index contributed by atoms with van der Waals surface area (Å²) in [4.78, 5) is 19.1. The number of benzene rings is 1. The van der Waals surface area contributed by atoms with E-state index in [4.69, 9.17) is 4.74 Å². The van der Waals surface area contributed by atoms with Gasteiger partial charge in [-0.1, -0.05) is 21.3 Å². The molecule has 1 unspecified atom stereocenters. The summed E-state index contributed by atoms with van der Waals surface area (Å²) < 4.78 is 5.09. The van der Waals surface area contributed by atoms with E-state index in [2.05, 4.69) is 16.9 Å². The fourth-order valence-corrected chi connectivity index (χ4v) is 2.11. The minimum atomic E-state index is -0.140. The number of nitrogens with zero attached hydrogens (tertiary/aromatic N) is 1. The van der Waals surface area contributed by atoms with E-state index in [0.717, 1.165) is 14.7 Å². The molecule has 0 spiro atoms. The van der Waals surface area contributed by atoms with E-state index in [1.54, 1.807) is 25.3 Å². The highest BCUT2D eigenvalue weighted by Gasteiger charge is 2.03. The smallest absolute Gasteiger partial charge is 0.259 e. The van der Waals surface area contributed by atoms with E-state index in [9.17, 15) is 4.79 Å². The van der Waals surface area contributed by atoms with Gasteiger partial charge in [0.05, 0.1) is 18.0 Å². The topological polar surface area (TPSA) is 55.0 Å². The molecule has 1 aromatic heterocycles. The third-order valence-electron chi connectivity index (χ3n) is 2.49. The SMILES string of the molecule is CCP/C=C/c1nc2ccc(OC)cc2c(=O)[nH]1. The Morgan fingerprint density at radius 1 is 1.50 bits per heavy atom. The zero-order valence-electron chi connectivity index (χ0n) is 10.4. The predicted octanol–water partition coefficient (Wildman–Crippen LogP) is 2.60. The van der Waals surface area contributed by atoms with E-state index < -0.39 is 0 Å². The van der Waals surface area contributed by atoms with Crippen LogP contribution in [0.4, 0.5) is 0 Å². The van der Waals surface area contributed by atoms with Gasteiger partial charge in [-0.15, -0.1) is 0 Å². The van der Waals surface area contributed by atoms with E-state index in [1.165, 1.54) is 0 Å². The maximum atomic E-state index is 11.9. The Labute approximate surface area is 107 Å². The summed E-state index contributed by atoms with van der Waals surface area (Å²) in [5, 5.41) is 0.546. The number of aromatic amines is 1. The van der Waals surface area contributed by atoms with Gasteiger partial charge in [0.2, 0.25) is 0 Å². The van der Waals surface area contributed by atoms with Crippen LogP contribution < -0.4 is 10.3 Å². The first-order valence-electron chi connectivity index (χ1n) is 5.72. The predicted molar refractivity (Wildman–Crippen MR) is 76.8 cm³/mol. The Morgan fingerprint density at radius 3 is 3.06 bits per heavy atom. The lowest BCUT2D eigenvalue weighted by Gasteiger charge is -2.02. The summed E-state index contributed by atoms with van der Waals surface area (Å²) in [6, 6.07) is 5.29. The molecule has 94 valence electrons. The lowest BCUT2D eigenvalue weighted by Crippen LogP contribution is -2.09. The van der Waals surface area contributed by atoms with Crippen molar-refractivity contribution in [3.05, 3.63) is 40.2 Å². The number of H-pyrrole nitrogens is 1. The molecule has 0 amide bonds. The van der Waals surface area contributed by atoms with Gasteiger partial charge in [0.15, 0.2) is 0 Å². The average Bonchev–Trinajstić information content (AvgIpc) is 2.39. The monoisotopic (exact) mass is 262 g/mol.